The van der Waals surface area contributed by atoms with Gasteiger partial charge in [-0.2, -0.15) is 0 Å². The molecule has 0 aliphatic carbocycles. The Labute approximate surface area is 135 Å². The van der Waals surface area contributed by atoms with Crippen molar-refractivity contribution >= 4 is 11.6 Å². The van der Waals surface area contributed by atoms with E-state index in [1.54, 1.807) is 19.1 Å². The third-order valence-corrected chi connectivity index (χ3v) is 3.00. The van der Waals surface area contributed by atoms with Gasteiger partial charge in [0.15, 0.2) is 6.10 Å². The molecule has 1 amide bonds. The fourth-order valence-electron chi connectivity index (χ4n) is 1.93. The largest absolute Gasteiger partial charge is 0.489 e. The van der Waals surface area contributed by atoms with Crippen LogP contribution in [0.1, 0.15) is 20.8 Å². The van der Waals surface area contributed by atoms with Gasteiger partial charge >= 0.3 is 0 Å². The lowest BCUT2D eigenvalue weighted by molar-refractivity contribution is -0.122. The van der Waals surface area contributed by atoms with Gasteiger partial charge in [-0.1, -0.05) is 12.1 Å². The van der Waals surface area contributed by atoms with Crippen LogP contribution in [0, 0.1) is 5.82 Å². The molecular weight excluding hydrogens is 297 g/mol. The Bertz CT molecular complexity index is 656. The highest BCUT2D eigenvalue weighted by Gasteiger charge is 2.17. The zero-order chi connectivity index (χ0) is 16.8. The van der Waals surface area contributed by atoms with E-state index in [-0.39, 0.29) is 17.8 Å². The molecule has 122 valence electrons. The van der Waals surface area contributed by atoms with Crippen molar-refractivity contribution in [3.05, 3.63) is 54.3 Å². The van der Waals surface area contributed by atoms with E-state index >= 15 is 0 Å². The van der Waals surface area contributed by atoms with Gasteiger partial charge in [-0.3, -0.25) is 4.79 Å². The quantitative estimate of drug-likeness (QED) is 0.875. The van der Waals surface area contributed by atoms with E-state index in [1.807, 2.05) is 26.0 Å². The number of nitrogens with one attached hydrogen (secondary N) is 1. The van der Waals surface area contributed by atoms with Crippen molar-refractivity contribution < 1.29 is 18.7 Å². The van der Waals surface area contributed by atoms with Gasteiger partial charge in [-0.25, -0.2) is 4.39 Å². The van der Waals surface area contributed by atoms with Gasteiger partial charge in [0.2, 0.25) is 0 Å². The Morgan fingerprint density at radius 2 is 1.65 bits per heavy atom. The predicted octanol–water partition coefficient (Wildman–Crippen LogP) is 4.02. The molecule has 0 fully saturated rings. The molecule has 1 unspecified atom stereocenters. The van der Waals surface area contributed by atoms with Gasteiger partial charge in [-0.15, -0.1) is 0 Å². The van der Waals surface area contributed by atoms with E-state index in [0.717, 1.165) is 0 Å². The number of carbonyl (C=O) groups is 1. The topological polar surface area (TPSA) is 47.6 Å². The minimum absolute atomic E-state index is 0.000871. The van der Waals surface area contributed by atoms with E-state index in [1.165, 1.54) is 24.3 Å². The summed E-state index contributed by atoms with van der Waals surface area (Å²) in [6, 6.07) is 12.7. The van der Waals surface area contributed by atoms with E-state index in [9.17, 15) is 9.18 Å². The van der Waals surface area contributed by atoms with E-state index < -0.39 is 6.10 Å². The lowest BCUT2D eigenvalue weighted by Gasteiger charge is -2.17. The summed E-state index contributed by atoms with van der Waals surface area (Å²) < 4.78 is 24.0. The summed E-state index contributed by atoms with van der Waals surface area (Å²) in [5, 5.41) is 2.78. The third-order valence-electron chi connectivity index (χ3n) is 3.00. The molecule has 0 spiro atoms. The number of benzene rings is 2. The number of ether oxygens (including phenoxy) is 2. The molecule has 0 aromatic heterocycles. The fourth-order valence-corrected chi connectivity index (χ4v) is 1.93. The fraction of sp³-hybridized carbons (Fsp3) is 0.278. The first kappa shape index (κ1) is 16.8. The van der Waals surface area contributed by atoms with Gasteiger partial charge in [0, 0.05) is 0 Å². The maximum atomic E-state index is 12.9. The molecule has 2 aromatic rings. The molecule has 1 N–H and O–H groups in total. The highest BCUT2D eigenvalue weighted by atomic mass is 19.1. The van der Waals surface area contributed by atoms with Crippen molar-refractivity contribution in [2.75, 3.05) is 5.32 Å². The highest BCUT2D eigenvalue weighted by Crippen LogP contribution is 2.25. The van der Waals surface area contributed by atoms with Gasteiger partial charge in [0.05, 0.1) is 11.8 Å². The summed E-state index contributed by atoms with van der Waals surface area (Å²) in [5.41, 5.74) is 0.584. The monoisotopic (exact) mass is 317 g/mol. The molecule has 5 heteroatoms. The summed E-state index contributed by atoms with van der Waals surface area (Å²) in [6.45, 7) is 5.46. The molecule has 2 aromatic carbocycles. The zero-order valence-corrected chi connectivity index (χ0v) is 13.4. The summed E-state index contributed by atoms with van der Waals surface area (Å²) in [7, 11) is 0. The highest BCUT2D eigenvalue weighted by molar-refractivity contribution is 5.95. The van der Waals surface area contributed by atoms with E-state index in [4.69, 9.17) is 9.47 Å². The molecule has 0 aliphatic rings. The first-order chi connectivity index (χ1) is 11.0. The summed E-state index contributed by atoms with van der Waals surface area (Å²) in [5.74, 6) is 0.369. The zero-order valence-electron chi connectivity index (χ0n) is 13.4. The Morgan fingerprint density at radius 3 is 2.30 bits per heavy atom. The van der Waals surface area contributed by atoms with E-state index in [0.29, 0.717) is 17.2 Å². The Balaban J connectivity index is 2.02. The first-order valence-electron chi connectivity index (χ1n) is 7.44. The SMILES string of the molecule is CC(C)Oc1ccccc1NC(=O)C(C)Oc1ccc(F)cc1. The molecule has 0 saturated heterocycles. The maximum Gasteiger partial charge on any atom is 0.265 e. The van der Waals surface area contributed by atoms with Crippen molar-refractivity contribution in [2.24, 2.45) is 0 Å². The molecule has 0 heterocycles. The van der Waals surface area contributed by atoms with Crippen LogP contribution in [0.15, 0.2) is 48.5 Å². The number of carbonyl (C=O) groups excluding carboxylic acids is 1. The average molecular weight is 317 g/mol. The molecule has 1 atom stereocenters. The molecule has 0 saturated carbocycles. The van der Waals surface area contributed by atoms with Gasteiger partial charge in [0.25, 0.3) is 5.91 Å². The number of amides is 1. The second kappa shape index (κ2) is 7.63. The minimum atomic E-state index is -0.729. The van der Waals surface area contributed by atoms with Crippen LogP contribution in [0.5, 0.6) is 11.5 Å². The van der Waals surface area contributed by atoms with Crippen LogP contribution in [0.2, 0.25) is 0 Å². The van der Waals surface area contributed by atoms with Crippen LogP contribution in [-0.4, -0.2) is 18.1 Å². The molecule has 0 radical (unpaired) electrons. The smallest absolute Gasteiger partial charge is 0.265 e. The van der Waals surface area contributed by atoms with Crippen molar-refractivity contribution in [1.29, 1.82) is 0 Å². The number of hydrogen-bond acceptors (Lipinski definition) is 3. The lowest BCUT2D eigenvalue weighted by atomic mass is 10.2. The van der Waals surface area contributed by atoms with Crippen molar-refractivity contribution in [1.82, 2.24) is 0 Å². The van der Waals surface area contributed by atoms with Crippen LogP contribution in [0.4, 0.5) is 10.1 Å². The van der Waals surface area contributed by atoms with Crippen molar-refractivity contribution in [3.63, 3.8) is 0 Å². The second-order valence-corrected chi connectivity index (χ2v) is 5.37. The third kappa shape index (κ3) is 4.98. The average Bonchev–Trinajstić information content (AvgIpc) is 2.51. The second-order valence-electron chi connectivity index (χ2n) is 5.37. The molecular formula is C18H20FNO3. The Morgan fingerprint density at radius 1 is 1.00 bits per heavy atom. The minimum Gasteiger partial charge on any atom is -0.489 e. The standard InChI is InChI=1S/C18H20FNO3/c1-12(2)22-17-7-5-4-6-16(17)20-18(21)13(3)23-15-10-8-14(19)9-11-15/h4-13H,1-3H3,(H,20,21). The van der Waals surface area contributed by atoms with Crippen LogP contribution in [-0.2, 0) is 4.79 Å². The normalized spacial score (nSPS) is 11.9. The molecule has 4 nitrogen and oxygen atoms in total. The van der Waals surface area contributed by atoms with Gasteiger partial charge in [-0.05, 0) is 57.2 Å². The van der Waals surface area contributed by atoms with Crippen LogP contribution < -0.4 is 14.8 Å². The number of para-hydroxylation sites is 2. The molecule has 23 heavy (non-hydrogen) atoms. The van der Waals surface area contributed by atoms with Crippen LogP contribution >= 0.6 is 0 Å². The van der Waals surface area contributed by atoms with Crippen LogP contribution in [0.25, 0.3) is 0 Å². The molecule has 2 rings (SSSR count). The summed E-state index contributed by atoms with van der Waals surface area (Å²) in [6.07, 6.45) is -0.728. The maximum absolute atomic E-state index is 12.9. The van der Waals surface area contributed by atoms with E-state index in [2.05, 4.69) is 5.32 Å². The van der Waals surface area contributed by atoms with Gasteiger partial charge < -0.3 is 14.8 Å². The summed E-state index contributed by atoms with van der Waals surface area (Å²) >= 11 is 0. The molecule has 0 aliphatic heterocycles. The lowest BCUT2D eigenvalue weighted by Crippen LogP contribution is -2.30. The van der Waals surface area contributed by atoms with Gasteiger partial charge in [0.1, 0.15) is 17.3 Å². The van der Waals surface area contributed by atoms with Crippen LogP contribution in [0.3, 0.4) is 0 Å². The van der Waals surface area contributed by atoms with Crippen molar-refractivity contribution in [3.8, 4) is 11.5 Å². The first-order valence-corrected chi connectivity index (χ1v) is 7.44. The molecule has 0 bridgehead atoms. The number of rotatable bonds is 6. The predicted molar refractivity (Wildman–Crippen MR) is 87.3 cm³/mol. The van der Waals surface area contributed by atoms with Crippen molar-refractivity contribution in [2.45, 2.75) is 33.0 Å². The summed E-state index contributed by atoms with van der Waals surface area (Å²) in [4.78, 5) is 12.3. The number of halogens is 1. The Kier molecular flexibility index (Phi) is 5.57. The number of anilines is 1. The Hall–Kier alpha value is -2.56. The number of hydrogen-bond donors (Lipinski definition) is 1.